The maximum absolute atomic E-state index is 12.5. The molecule has 0 unspecified atom stereocenters. The van der Waals surface area contributed by atoms with Gasteiger partial charge < -0.3 is 10.7 Å². The Morgan fingerprint density at radius 1 is 1.43 bits per heavy atom. The number of nitrogens with zero attached hydrogens (tertiary/aromatic N) is 2. The fourth-order valence-corrected chi connectivity index (χ4v) is 3.57. The molecule has 4 N–H and O–H groups in total. The number of benzene rings is 1. The number of rotatable bonds is 4. The molecule has 0 atom stereocenters. The van der Waals surface area contributed by atoms with Crippen LogP contribution < -0.4 is 16.6 Å². The van der Waals surface area contributed by atoms with Crippen LogP contribution in [-0.2, 0) is 14.8 Å². The summed E-state index contributed by atoms with van der Waals surface area (Å²) in [4.78, 5) is 21.1. The van der Waals surface area contributed by atoms with Crippen LogP contribution in [0.3, 0.4) is 0 Å². The first-order valence-electron chi connectivity index (χ1n) is 5.89. The third kappa shape index (κ3) is 2.79. The fourth-order valence-electron chi connectivity index (χ4n) is 1.99. The smallest absolute Gasteiger partial charge is 0.313 e. The van der Waals surface area contributed by atoms with Crippen LogP contribution in [0.2, 0.25) is 0 Å². The van der Waals surface area contributed by atoms with Crippen molar-refractivity contribution < 1.29 is 18.1 Å². The zero-order valence-electron chi connectivity index (χ0n) is 10.8. The molecular weight excluding hydrogens is 302 g/mol. The Labute approximate surface area is 120 Å². The first kappa shape index (κ1) is 15.2. The molecule has 1 aliphatic heterocycles. The van der Waals surface area contributed by atoms with Crippen LogP contribution in [0.5, 0.6) is 0 Å². The monoisotopic (exact) mass is 315 g/mol. The minimum Gasteiger partial charge on any atom is -0.354 e. The fraction of sp³-hybridized carbons (Fsp3) is 0.300. The number of hydrogen-bond acceptors (Lipinski definition) is 7. The van der Waals surface area contributed by atoms with Crippen LogP contribution in [-0.4, -0.2) is 43.2 Å². The number of nitrogen functional groups attached to an aromatic ring is 1. The van der Waals surface area contributed by atoms with Crippen LogP contribution >= 0.6 is 0 Å². The number of sulfonamides is 1. The van der Waals surface area contributed by atoms with E-state index >= 15 is 0 Å². The van der Waals surface area contributed by atoms with E-state index in [0.717, 1.165) is 10.4 Å². The van der Waals surface area contributed by atoms with Crippen molar-refractivity contribution in [1.29, 1.82) is 0 Å². The summed E-state index contributed by atoms with van der Waals surface area (Å²) >= 11 is 0. The summed E-state index contributed by atoms with van der Waals surface area (Å²) in [5.41, 5.74) is 1.33. The first-order chi connectivity index (χ1) is 9.87. The number of carbonyl (C=O) groups is 1. The molecule has 1 aliphatic rings. The largest absolute Gasteiger partial charge is 0.354 e. The molecule has 0 radical (unpaired) electrons. The number of hydrazine groups is 1. The maximum Gasteiger partial charge on any atom is 0.313 e. The van der Waals surface area contributed by atoms with E-state index in [1.165, 1.54) is 12.1 Å². The van der Waals surface area contributed by atoms with Crippen molar-refractivity contribution in [3.8, 4) is 0 Å². The highest BCUT2D eigenvalue weighted by Crippen LogP contribution is 2.33. The summed E-state index contributed by atoms with van der Waals surface area (Å²) in [6, 6.07) is 3.74. The average Bonchev–Trinajstić information content (AvgIpc) is 2.46. The number of amides is 1. The molecule has 0 saturated carbocycles. The lowest BCUT2D eigenvalue weighted by atomic mass is 10.3. The van der Waals surface area contributed by atoms with Crippen LogP contribution in [0.15, 0.2) is 23.1 Å². The van der Waals surface area contributed by atoms with Gasteiger partial charge in [-0.25, -0.2) is 8.42 Å². The lowest BCUT2D eigenvalue weighted by molar-refractivity contribution is -0.386. The topological polar surface area (TPSA) is 148 Å². The SMILES string of the molecule is NNc1cccc(S(=O)(=O)N2CCNC(=O)C2)c1[N+](=O)[O-]. The van der Waals surface area contributed by atoms with E-state index in [1.807, 2.05) is 0 Å². The molecule has 1 fully saturated rings. The molecule has 1 amide bonds. The summed E-state index contributed by atoms with van der Waals surface area (Å²) < 4.78 is 25.9. The number of nitrogens with one attached hydrogen (secondary N) is 2. The first-order valence-corrected chi connectivity index (χ1v) is 7.33. The summed E-state index contributed by atoms with van der Waals surface area (Å²) in [5.74, 6) is 4.72. The van der Waals surface area contributed by atoms with Crippen molar-refractivity contribution >= 4 is 27.3 Å². The third-order valence-corrected chi connectivity index (χ3v) is 4.83. The van der Waals surface area contributed by atoms with Crippen molar-refractivity contribution in [2.24, 2.45) is 5.84 Å². The minimum atomic E-state index is -4.17. The van der Waals surface area contributed by atoms with E-state index in [0.29, 0.717) is 0 Å². The maximum atomic E-state index is 12.5. The van der Waals surface area contributed by atoms with Crippen LogP contribution in [0.25, 0.3) is 0 Å². The molecule has 11 heteroatoms. The quantitative estimate of drug-likeness (QED) is 0.366. The molecular formula is C10H13N5O5S. The van der Waals surface area contributed by atoms with Crippen LogP contribution in [0, 0.1) is 10.1 Å². The van der Waals surface area contributed by atoms with Crippen molar-refractivity contribution in [2.45, 2.75) is 4.90 Å². The van der Waals surface area contributed by atoms with E-state index in [4.69, 9.17) is 5.84 Å². The number of carbonyl (C=O) groups excluding carboxylic acids is 1. The van der Waals surface area contributed by atoms with E-state index < -0.39 is 31.4 Å². The van der Waals surface area contributed by atoms with E-state index in [9.17, 15) is 23.3 Å². The Balaban J connectivity index is 2.54. The predicted octanol–water partition coefficient (Wildman–Crippen LogP) is -0.999. The van der Waals surface area contributed by atoms with Gasteiger partial charge in [0, 0.05) is 13.1 Å². The molecule has 1 aromatic rings. The van der Waals surface area contributed by atoms with Gasteiger partial charge in [0.05, 0.1) is 11.5 Å². The second kappa shape index (κ2) is 5.63. The van der Waals surface area contributed by atoms with Crippen molar-refractivity contribution in [2.75, 3.05) is 25.1 Å². The molecule has 0 spiro atoms. The van der Waals surface area contributed by atoms with E-state index in [2.05, 4.69) is 10.7 Å². The van der Waals surface area contributed by atoms with Crippen molar-refractivity contribution in [1.82, 2.24) is 9.62 Å². The van der Waals surface area contributed by atoms with Gasteiger partial charge in [-0.05, 0) is 12.1 Å². The number of nitro groups is 1. The van der Waals surface area contributed by atoms with Gasteiger partial charge in [-0.2, -0.15) is 4.31 Å². The van der Waals surface area contributed by atoms with Crippen LogP contribution in [0.1, 0.15) is 0 Å². The number of anilines is 1. The number of para-hydroxylation sites is 1. The number of piperazine rings is 1. The lowest BCUT2D eigenvalue weighted by Crippen LogP contribution is -2.49. The summed E-state index contributed by atoms with van der Waals surface area (Å²) in [7, 11) is -4.17. The summed E-state index contributed by atoms with van der Waals surface area (Å²) in [5, 5.41) is 13.6. The molecule has 114 valence electrons. The second-order valence-electron chi connectivity index (χ2n) is 4.24. The molecule has 1 aromatic carbocycles. The van der Waals surface area contributed by atoms with Gasteiger partial charge in [-0.1, -0.05) is 6.07 Å². The molecule has 1 heterocycles. The minimum absolute atomic E-state index is 0.0471. The molecule has 1 saturated heterocycles. The predicted molar refractivity (Wildman–Crippen MR) is 72.7 cm³/mol. The normalized spacial score (nSPS) is 16.3. The second-order valence-corrected chi connectivity index (χ2v) is 6.15. The Morgan fingerprint density at radius 2 is 2.14 bits per heavy atom. The number of nitrogens with two attached hydrogens (primary N) is 1. The molecule has 21 heavy (non-hydrogen) atoms. The molecule has 10 nitrogen and oxygen atoms in total. The van der Waals surface area contributed by atoms with Gasteiger partial charge in [-0.15, -0.1) is 0 Å². The third-order valence-electron chi connectivity index (χ3n) is 2.96. The Morgan fingerprint density at radius 3 is 2.71 bits per heavy atom. The van der Waals surface area contributed by atoms with Gasteiger partial charge >= 0.3 is 5.69 Å². The standard InChI is InChI=1S/C10H13N5O5S/c11-13-7-2-1-3-8(10(7)15(17)18)21(19,20)14-5-4-12-9(16)6-14/h1-3,13H,4-6,11H2,(H,12,16). The zero-order valence-corrected chi connectivity index (χ0v) is 11.6. The van der Waals surface area contributed by atoms with Gasteiger partial charge in [0.15, 0.2) is 4.90 Å². The average molecular weight is 315 g/mol. The highest BCUT2D eigenvalue weighted by molar-refractivity contribution is 7.89. The van der Waals surface area contributed by atoms with Gasteiger partial charge in [0.25, 0.3) is 10.0 Å². The molecule has 0 bridgehead atoms. The van der Waals surface area contributed by atoms with Crippen molar-refractivity contribution in [3.05, 3.63) is 28.3 Å². The molecule has 0 aromatic heterocycles. The Hall–Kier alpha value is -2.24. The summed E-state index contributed by atoms with van der Waals surface area (Å²) in [6.07, 6.45) is 0. The van der Waals surface area contributed by atoms with E-state index in [1.54, 1.807) is 0 Å². The highest BCUT2D eigenvalue weighted by Gasteiger charge is 2.35. The summed E-state index contributed by atoms with van der Waals surface area (Å²) in [6.45, 7) is -0.175. The van der Waals surface area contributed by atoms with Crippen LogP contribution in [0.4, 0.5) is 11.4 Å². The zero-order chi connectivity index (χ0) is 15.6. The molecule has 0 aliphatic carbocycles. The highest BCUT2D eigenvalue weighted by atomic mass is 32.2. The van der Waals surface area contributed by atoms with E-state index in [-0.39, 0.29) is 25.3 Å². The Kier molecular flexibility index (Phi) is 4.06. The van der Waals surface area contributed by atoms with Crippen molar-refractivity contribution in [3.63, 3.8) is 0 Å². The Bertz CT molecular complexity index is 689. The number of nitro benzene ring substituents is 1. The lowest BCUT2D eigenvalue weighted by Gasteiger charge is -2.25. The van der Waals surface area contributed by atoms with Gasteiger partial charge in [-0.3, -0.25) is 20.8 Å². The molecule has 2 rings (SSSR count). The van der Waals surface area contributed by atoms with Gasteiger partial charge in [0.1, 0.15) is 5.69 Å². The number of hydrogen-bond donors (Lipinski definition) is 3. The van der Waals surface area contributed by atoms with Gasteiger partial charge in [0.2, 0.25) is 5.91 Å².